The molecule has 1 atom stereocenters. The summed E-state index contributed by atoms with van der Waals surface area (Å²) in [4.78, 5) is 22.8. The number of benzene rings is 1. The summed E-state index contributed by atoms with van der Waals surface area (Å²) in [6.07, 6.45) is -0.0104. The first kappa shape index (κ1) is 14.9. The van der Waals surface area contributed by atoms with E-state index in [-0.39, 0.29) is 13.0 Å². The minimum atomic E-state index is -1.15. The number of aliphatic carboxylic acids is 1. The lowest BCUT2D eigenvalue weighted by atomic mass is 10.1. The van der Waals surface area contributed by atoms with Crippen LogP contribution in [-0.4, -0.2) is 34.7 Å². The van der Waals surface area contributed by atoms with Gasteiger partial charge in [0.1, 0.15) is 6.04 Å². The minimum Gasteiger partial charge on any atom is -0.480 e. The number of aryl methyl sites for hydroxylation is 1. The number of carbonyl (C=O) groups excluding carboxylic acids is 1. The highest BCUT2D eigenvalue weighted by molar-refractivity contribution is 14.1. The van der Waals surface area contributed by atoms with Gasteiger partial charge in [-0.05, 0) is 41.1 Å². The average molecular weight is 363 g/mol. The average Bonchev–Trinajstić information content (AvgIpc) is 2.31. The van der Waals surface area contributed by atoms with Crippen LogP contribution in [0, 0.1) is 10.5 Å². The molecule has 1 amide bonds. The fraction of sp³-hybridized carbons (Fsp3) is 0.333. The van der Waals surface area contributed by atoms with E-state index in [4.69, 9.17) is 10.2 Å². The summed E-state index contributed by atoms with van der Waals surface area (Å²) >= 11 is 2.05. The van der Waals surface area contributed by atoms with Crippen LogP contribution in [-0.2, 0) is 4.79 Å². The number of hydrogen-bond acceptors (Lipinski definition) is 3. The molecule has 1 aromatic carbocycles. The van der Waals surface area contributed by atoms with Crippen LogP contribution in [0.5, 0.6) is 0 Å². The lowest BCUT2D eigenvalue weighted by Gasteiger charge is -2.14. The molecule has 98 valence electrons. The fourth-order valence-corrected chi connectivity index (χ4v) is 2.05. The van der Waals surface area contributed by atoms with Crippen LogP contribution in [0.25, 0.3) is 0 Å². The Balaban J connectivity index is 2.87. The Labute approximate surface area is 118 Å². The van der Waals surface area contributed by atoms with Gasteiger partial charge < -0.3 is 15.5 Å². The van der Waals surface area contributed by atoms with E-state index in [1.54, 1.807) is 12.1 Å². The minimum absolute atomic E-state index is 0.0104. The molecule has 1 aromatic rings. The number of amides is 1. The van der Waals surface area contributed by atoms with Crippen LogP contribution in [0.1, 0.15) is 22.3 Å². The molecule has 0 saturated heterocycles. The van der Waals surface area contributed by atoms with Gasteiger partial charge in [0.15, 0.2) is 0 Å². The van der Waals surface area contributed by atoms with Crippen LogP contribution in [0.2, 0.25) is 0 Å². The number of carboxylic acids is 1. The molecule has 0 fully saturated rings. The number of nitrogens with one attached hydrogen (secondary N) is 1. The van der Waals surface area contributed by atoms with Gasteiger partial charge in [-0.25, -0.2) is 4.79 Å². The van der Waals surface area contributed by atoms with Gasteiger partial charge in [0.25, 0.3) is 5.91 Å². The summed E-state index contributed by atoms with van der Waals surface area (Å²) in [7, 11) is 0. The van der Waals surface area contributed by atoms with Crippen molar-refractivity contribution in [3.8, 4) is 0 Å². The summed E-state index contributed by atoms with van der Waals surface area (Å²) in [6, 6.07) is 4.19. The lowest BCUT2D eigenvalue weighted by molar-refractivity contribution is -0.139. The number of aliphatic hydroxyl groups is 1. The van der Waals surface area contributed by atoms with Gasteiger partial charge in [0.2, 0.25) is 0 Å². The zero-order chi connectivity index (χ0) is 13.7. The topological polar surface area (TPSA) is 86.6 Å². The second-order valence-electron chi connectivity index (χ2n) is 3.81. The van der Waals surface area contributed by atoms with Crippen LogP contribution < -0.4 is 5.32 Å². The second kappa shape index (κ2) is 6.69. The number of hydrogen-bond donors (Lipinski definition) is 3. The number of rotatable bonds is 5. The third kappa shape index (κ3) is 3.67. The van der Waals surface area contributed by atoms with E-state index in [1.807, 2.05) is 35.6 Å². The third-order valence-electron chi connectivity index (χ3n) is 2.46. The quantitative estimate of drug-likeness (QED) is 0.686. The van der Waals surface area contributed by atoms with Gasteiger partial charge in [-0.1, -0.05) is 12.1 Å². The maximum Gasteiger partial charge on any atom is 0.326 e. The zero-order valence-corrected chi connectivity index (χ0v) is 12.0. The van der Waals surface area contributed by atoms with E-state index in [2.05, 4.69) is 5.32 Å². The number of carboxylic acid groups (broad SMARTS) is 1. The lowest BCUT2D eigenvalue weighted by Crippen LogP contribution is -2.41. The molecule has 0 radical (unpaired) electrons. The molecule has 0 aliphatic carbocycles. The van der Waals surface area contributed by atoms with Crippen molar-refractivity contribution in [2.45, 2.75) is 19.4 Å². The van der Waals surface area contributed by atoms with Crippen molar-refractivity contribution >= 4 is 34.5 Å². The van der Waals surface area contributed by atoms with Gasteiger partial charge in [0, 0.05) is 16.6 Å². The van der Waals surface area contributed by atoms with Crippen LogP contribution >= 0.6 is 22.6 Å². The number of halogens is 1. The second-order valence-corrected chi connectivity index (χ2v) is 4.89. The summed E-state index contributed by atoms with van der Waals surface area (Å²) in [5.41, 5.74) is 1.40. The molecule has 18 heavy (non-hydrogen) atoms. The first-order valence-corrected chi connectivity index (χ1v) is 6.45. The Morgan fingerprint density at radius 1 is 1.44 bits per heavy atom. The first-order valence-electron chi connectivity index (χ1n) is 5.37. The van der Waals surface area contributed by atoms with E-state index >= 15 is 0 Å². The van der Waals surface area contributed by atoms with E-state index < -0.39 is 17.9 Å². The molecule has 6 heteroatoms. The van der Waals surface area contributed by atoms with E-state index in [1.165, 1.54) is 0 Å². The van der Waals surface area contributed by atoms with Crippen molar-refractivity contribution in [2.75, 3.05) is 6.61 Å². The molecule has 1 unspecified atom stereocenters. The standard InChI is InChI=1S/C12H14INO4/c1-7-3-2-4-8(10(7)13)11(16)14-9(5-6-15)12(17)18/h2-4,9,15H,5-6H2,1H3,(H,14,16)(H,17,18). The molecular formula is C12H14INO4. The molecule has 0 spiro atoms. The molecule has 0 aromatic heterocycles. The molecule has 0 aliphatic rings. The highest BCUT2D eigenvalue weighted by Gasteiger charge is 2.21. The van der Waals surface area contributed by atoms with Gasteiger partial charge in [-0.2, -0.15) is 0 Å². The first-order chi connectivity index (χ1) is 8.47. The summed E-state index contributed by atoms with van der Waals surface area (Å²) in [6.45, 7) is 1.59. The summed E-state index contributed by atoms with van der Waals surface area (Å²) < 4.78 is 0.792. The monoisotopic (exact) mass is 363 g/mol. The highest BCUT2D eigenvalue weighted by Crippen LogP contribution is 2.16. The maximum atomic E-state index is 11.9. The number of aliphatic hydroxyl groups excluding tert-OH is 1. The highest BCUT2D eigenvalue weighted by atomic mass is 127. The fourth-order valence-electron chi connectivity index (χ4n) is 1.45. The van der Waals surface area contributed by atoms with Gasteiger partial charge >= 0.3 is 5.97 Å². The molecular weight excluding hydrogens is 349 g/mol. The molecule has 0 heterocycles. The van der Waals surface area contributed by atoms with E-state index in [9.17, 15) is 9.59 Å². The van der Waals surface area contributed by atoms with E-state index in [0.717, 1.165) is 9.13 Å². The molecule has 5 nitrogen and oxygen atoms in total. The number of carbonyl (C=O) groups is 2. The van der Waals surface area contributed by atoms with Crippen molar-refractivity contribution in [1.82, 2.24) is 5.32 Å². The van der Waals surface area contributed by atoms with Crippen molar-refractivity contribution in [1.29, 1.82) is 0 Å². The zero-order valence-electron chi connectivity index (χ0n) is 9.81. The van der Waals surface area contributed by atoms with Gasteiger partial charge in [0.05, 0.1) is 5.56 Å². The van der Waals surface area contributed by atoms with Crippen LogP contribution in [0.15, 0.2) is 18.2 Å². The summed E-state index contributed by atoms with van der Waals surface area (Å²) in [5.74, 6) is -1.59. The normalized spacial score (nSPS) is 11.9. The van der Waals surface area contributed by atoms with Crippen molar-refractivity contribution in [2.24, 2.45) is 0 Å². The van der Waals surface area contributed by atoms with Gasteiger partial charge in [-0.3, -0.25) is 4.79 Å². The Bertz CT molecular complexity index is 461. The largest absolute Gasteiger partial charge is 0.480 e. The Morgan fingerprint density at radius 3 is 2.67 bits per heavy atom. The smallest absolute Gasteiger partial charge is 0.326 e. The Hall–Kier alpha value is -1.15. The van der Waals surface area contributed by atoms with Crippen molar-refractivity contribution < 1.29 is 19.8 Å². The third-order valence-corrected chi connectivity index (χ3v) is 3.89. The van der Waals surface area contributed by atoms with Crippen LogP contribution in [0.3, 0.4) is 0 Å². The SMILES string of the molecule is Cc1cccc(C(=O)NC(CCO)C(=O)O)c1I. The predicted octanol–water partition coefficient (Wildman–Crippen LogP) is 1.17. The summed E-state index contributed by atoms with van der Waals surface area (Å²) in [5, 5.41) is 20.0. The maximum absolute atomic E-state index is 11.9. The molecule has 0 aliphatic heterocycles. The predicted molar refractivity (Wildman–Crippen MR) is 74.5 cm³/mol. The Morgan fingerprint density at radius 2 is 2.11 bits per heavy atom. The van der Waals surface area contributed by atoms with Crippen molar-refractivity contribution in [3.05, 3.63) is 32.9 Å². The van der Waals surface area contributed by atoms with Crippen molar-refractivity contribution in [3.63, 3.8) is 0 Å². The molecule has 0 bridgehead atoms. The van der Waals surface area contributed by atoms with Gasteiger partial charge in [-0.15, -0.1) is 0 Å². The van der Waals surface area contributed by atoms with Crippen LogP contribution in [0.4, 0.5) is 0 Å². The Kier molecular flexibility index (Phi) is 5.54. The molecule has 1 rings (SSSR count). The molecule has 3 N–H and O–H groups in total. The molecule has 0 saturated carbocycles. The van der Waals surface area contributed by atoms with E-state index in [0.29, 0.717) is 5.56 Å².